The number of ether oxygens (including phenoxy) is 2. The molecule has 1 aromatic heterocycles. The molecule has 0 unspecified atom stereocenters. The van der Waals surface area contributed by atoms with Gasteiger partial charge in [-0.3, -0.25) is 9.36 Å². The molecule has 0 atom stereocenters. The molecule has 0 fully saturated rings. The maximum Gasteiger partial charge on any atom is 0.234 e. The summed E-state index contributed by atoms with van der Waals surface area (Å²) < 4.78 is 12.4. The highest BCUT2D eigenvalue weighted by molar-refractivity contribution is 7.99. The Labute approximate surface area is 190 Å². The lowest BCUT2D eigenvalue weighted by Gasteiger charge is -2.11. The van der Waals surface area contributed by atoms with E-state index < -0.39 is 0 Å². The van der Waals surface area contributed by atoms with Gasteiger partial charge in [0.1, 0.15) is 11.5 Å². The molecule has 1 N–H and O–H groups in total. The lowest BCUT2D eigenvalue weighted by molar-refractivity contribution is -0.113. The number of carbonyl (C=O) groups excluding carboxylic acids is 1. The molecule has 0 radical (unpaired) electrons. The summed E-state index contributed by atoms with van der Waals surface area (Å²) in [6.45, 7) is 0. The van der Waals surface area contributed by atoms with Gasteiger partial charge in [-0.2, -0.15) is 0 Å². The molecule has 7 nitrogen and oxygen atoms in total. The third kappa shape index (κ3) is 4.92. The predicted octanol–water partition coefficient (Wildman–Crippen LogP) is 4.68. The fourth-order valence-corrected chi connectivity index (χ4v) is 3.86. The van der Waals surface area contributed by atoms with Gasteiger partial charge in [-0.15, -0.1) is 10.2 Å². The normalized spacial score (nSPS) is 10.6. The Morgan fingerprint density at radius 2 is 1.50 bits per heavy atom. The summed E-state index contributed by atoms with van der Waals surface area (Å²) in [5.74, 6) is 2.25. The van der Waals surface area contributed by atoms with Crippen LogP contribution >= 0.6 is 11.8 Å². The van der Waals surface area contributed by atoms with Gasteiger partial charge in [-0.05, 0) is 48.5 Å². The Balaban J connectivity index is 1.56. The van der Waals surface area contributed by atoms with Crippen molar-refractivity contribution in [2.45, 2.75) is 5.16 Å². The maximum absolute atomic E-state index is 12.5. The number of anilines is 1. The minimum atomic E-state index is -0.134. The van der Waals surface area contributed by atoms with Crippen LogP contribution in [-0.2, 0) is 4.79 Å². The van der Waals surface area contributed by atoms with Gasteiger partial charge in [-0.25, -0.2) is 0 Å². The van der Waals surface area contributed by atoms with Crippen molar-refractivity contribution >= 4 is 23.4 Å². The Hall–Kier alpha value is -3.78. The van der Waals surface area contributed by atoms with Crippen molar-refractivity contribution in [3.63, 3.8) is 0 Å². The molecule has 3 aromatic carbocycles. The summed E-state index contributed by atoms with van der Waals surface area (Å²) in [4.78, 5) is 12.5. The first-order chi connectivity index (χ1) is 15.7. The van der Waals surface area contributed by atoms with Crippen LogP contribution in [0, 0.1) is 0 Å². The molecule has 1 heterocycles. The van der Waals surface area contributed by atoms with E-state index in [1.807, 2.05) is 59.2 Å². The van der Waals surface area contributed by atoms with E-state index in [2.05, 4.69) is 15.5 Å². The highest BCUT2D eigenvalue weighted by Gasteiger charge is 2.17. The van der Waals surface area contributed by atoms with Crippen molar-refractivity contribution < 1.29 is 14.3 Å². The number of thioether (sulfide) groups is 1. The number of aromatic nitrogens is 3. The molecule has 32 heavy (non-hydrogen) atoms. The number of benzene rings is 3. The average Bonchev–Trinajstić information content (AvgIpc) is 3.28. The van der Waals surface area contributed by atoms with Gasteiger partial charge in [0.15, 0.2) is 11.0 Å². The molecular formula is C24H22N4O3S. The standard InChI is InChI=1S/C24H22N4O3S/c1-30-20-12-8-18(9-13-20)25-22(29)16-32-24-27-26-23(17-6-4-3-5-7-17)28(24)19-10-14-21(31-2)15-11-19/h3-15H,16H2,1-2H3,(H,25,29). The number of methoxy groups -OCH3 is 2. The van der Waals surface area contributed by atoms with Gasteiger partial charge < -0.3 is 14.8 Å². The number of hydrogen-bond donors (Lipinski definition) is 1. The van der Waals surface area contributed by atoms with Crippen LogP contribution in [0.2, 0.25) is 0 Å². The number of hydrogen-bond acceptors (Lipinski definition) is 6. The molecule has 0 saturated heterocycles. The van der Waals surface area contributed by atoms with Crippen LogP contribution in [-0.4, -0.2) is 40.6 Å². The number of carbonyl (C=O) groups is 1. The quantitative estimate of drug-likeness (QED) is 0.396. The van der Waals surface area contributed by atoms with Gasteiger partial charge >= 0.3 is 0 Å². The van der Waals surface area contributed by atoms with E-state index in [1.54, 1.807) is 38.5 Å². The van der Waals surface area contributed by atoms with Gasteiger partial charge in [0.25, 0.3) is 0 Å². The molecule has 0 saturated carbocycles. The summed E-state index contributed by atoms with van der Waals surface area (Å²) in [5.41, 5.74) is 2.52. The van der Waals surface area contributed by atoms with Crippen molar-refractivity contribution in [1.82, 2.24) is 14.8 Å². The van der Waals surface area contributed by atoms with Gasteiger partial charge in [0.2, 0.25) is 5.91 Å². The first-order valence-electron chi connectivity index (χ1n) is 9.90. The molecular weight excluding hydrogens is 424 g/mol. The van der Waals surface area contributed by atoms with E-state index >= 15 is 0 Å². The fourth-order valence-electron chi connectivity index (χ4n) is 3.10. The lowest BCUT2D eigenvalue weighted by atomic mass is 10.2. The van der Waals surface area contributed by atoms with Crippen molar-refractivity contribution in [1.29, 1.82) is 0 Å². The maximum atomic E-state index is 12.5. The van der Waals surface area contributed by atoms with Crippen molar-refractivity contribution in [3.05, 3.63) is 78.9 Å². The molecule has 4 aromatic rings. The summed E-state index contributed by atoms with van der Waals surface area (Å²) in [6, 6.07) is 24.7. The van der Waals surface area contributed by atoms with Gasteiger partial charge in [-0.1, -0.05) is 42.1 Å². The Morgan fingerprint density at radius 3 is 2.12 bits per heavy atom. The lowest BCUT2D eigenvalue weighted by Crippen LogP contribution is -2.14. The third-order valence-electron chi connectivity index (χ3n) is 4.70. The van der Waals surface area contributed by atoms with Crippen molar-refractivity contribution in [2.24, 2.45) is 0 Å². The molecule has 0 spiro atoms. The molecule has 0 aliphatic carbocycles. The van der Waals surface area contributed by atoms with Crippen LogP contribution in [0.25, 0.3) is 17.1 Å². The van der Waals surface area contributed by atoms with Crippen LogP contribution in [0.5, 0.6) is 11.5 Å². The van der Waals surface area contributed by atoms with E-state index in [4.69, 9.17) is 9.47 Å². The zero-order valence-electron chi connectivity index (χ0n) is 17.7. The zero-order valence-corrected chi connectivity index (χ0v) is 18.5. The highest BCUT2D eigenvalue weighted by Crippen LogP contribution is 2.29. The van der Waals surface area contributed by atoms with Crippen LogP contribution < -0.4 is 14.8 Å². The average molecular weight is 447 g/mol. The number of amides is 1. The van der Waals surface area contributed by atoms with Crippen LogP contribution in [0.4, 0.5) is 5.69 Å². The van der Waals surface area contributed by atoms with Crippen molar-refractivity contribution in [3.8, 4) is 28.6 Å². The summed E-state index contributed by atoms with van der Waals surface area (Å²) in [6.07, 6.45) is 0. The van der Waals surface area contributed by atoms with E-state index in [9.17, 15) is 4.79 Å². The predicted molar refractivity (Wildman–Crippen MR) is 126 cm³/mol. The SMILES string of the molecule is COc1ccc(NC(=O)CSc2nnc(-c3ccccc3)n2-c2ccc(OC)cc2)cc1. The summed E-state index contributed by atoms with van der Waals surface area (Å²) in [5, 5.41) is 12.3. The second-order valence-corrected chi connectivity index (χ2v) is 7.71. The van der Waals surface area contributed by atoms with Crippen molar-refractivity contribution in [2.75, 3.05) is 25.3 Å². The van der Waals surface area contributed by atoms with Crippen LogP contribution in [0.3, 0.4) is 0 Å². The number of rotatable bonds is 8. The smallest absolute Gasteiger partial charge is 0.234 e. The minimum Gasteiger partial charge on any atom is -0.497 e. The number of nitrogens with one attached hydrogen (secondary N) is 1. The molecule has 0 aliphatic rings. The van der Waals surface area contributed by atoms with E-state index in [-0.39, 0.29) is 11.7 Å². The molecule has 1 amide bonds. The minimum absolute atomic E-state index is 0.134. The fraction of sp³-hybridized carbons (Fsp3) is 0.125. The zero-order chi connectivity index (χ0) is 22.3. The third-order valence-corrected chi connectivity index (χ3v) is 5.63. The summed E-state index contributed by atoms with van der Waals surface area (Å²) >= 11 is 1.32. The highest BCUT2D eigenvalue weighted by atomic mass is 32.2. The topological polar surface area (TPSA) is 78.3 Å². The second-order valence-electron chi connectivity index (χ2n) is 6.77. The Bertz CT molecular complexity index is 1180. The Kier molecular flexibility index (Phi) is 6.72. The molecule has 8 heteroatoms. The molecule has 0 aliphatic heterocycles. The molecule has 162 valence electrons. The van der Waals surface area contributed by atoms with Gasteiger partial charge in [0, 0.05) is 16.9 Å². The number of nitrogens with zero attached hydrogens (tertiary/aromatic N) is 3. The molecule has 4 rings (SSSR count). The molecule has 0 bridgehead atoms. The second kappa shape index (κ2) is 10.0. The van der Waals surface area contributed by atoms with Crippen LogP contribution in [0.1, 0.15) is 0 Å². The Morgan fingerprint density at radius 1 is 0.875 bits per heavy atom. The monoisotopic (exact) mass is 446 g/mol. The van der Waals surface area contributed by atoms with Crippen LogP contribution in [0.15, 0.2) is 84.0 Å². The van der Waals surface area contributed by atoms with E-state index in [0.29, 0.717) is 16.7 Å². The summed E-state index contributed by atoms with van der Waals surface area (Å²) in [7, 11) is 3.23. The van der Waals surface area contributed by atoms with Gasteiger partial charge in [0.05, 0.1) is 20.0 Å². The first-order valence-corrected chi connectivity index (χ1v) is 10.9. The first kappa shape index (κ1) is 21.5. The van der Waals surface area contributed by atoms with E-state index in [0.717, 1.165) is 22.7 Å². The largest absolute Gasteiger partial charge is 0.497 e. The van der Waals surface area contributed by atoms with E-state index in [1.165, 1.54) is 11.8 Å².